The van der Waals surface area contributed by atoms with Crippen LogP contribution in [0.3, 0.4) is 0 Å². The first kappa shape index (κ1) is 16.8. The lowest BCUT2D eigenvalue weighted by molar-refractivity contribution is -0.837. The molecule has 2 heterocycles. The first-order valence-electron chi connectivity index (χ1n) is 7.37. The predicted octanol–water partition coefficient (Wildman–Crippen LogP) is 0.0424. The summed E-state index contributed by atoms with van der Waals surface area (Å²) in [5, 5.41) is 1.01. The molecule has 1 aromatic heterocycles. The maximum Gasteiger partial charge on any atom is 0.326 e. The molecule has 0 saturated carbocycles. The highest BCUT2D eigenvalue weighted by Crippen LogP contribution is 2.23. The minimum Gasteiger partial charge on any atom is -0.326 e. The highest BCUT2D eigenvalue weighted by atomic mass is 35.5. The van der Waals surface area contributed by atoms with Crippen LogP contribution in [0.2, 0.25) is 10.0 Å². The Morgan fingerprint density at radius 3 is 2.38 bits per heavy atom. The Hall–Kier alpha value is -2.09. The van der Waals surface area contributed by atoms with Crippen molar-refractivity contribution in [3.8, 4) is 0 Å². The van der Waals surface area contributed by atoms with Gasteiger partial charge in [-0.15, -0.1) is 0 Å². The lowest BCUT2D eigenvalue weighted by atomic mass is 10.2. The van der Waals surface area contributed by atoms with E-state index in [1.165, 1.54) is 4.90 Å². The molecule has 3 rings (SSSR count). The molecule has 126 valence electrons. The molecule has 1 aliphatic heterocycles. The summed E-state index contributed by atoms with van der Waals surface area (Å²) in [4.78, 5) is 42.2. The van der Waals surface area contributed by atoms with Crippen LogP contribution in [0, 0.1) is 0 Å². The van der Waals surface area contributed by atoms with Gasteiger partial charge in [0.1, 0.15) is 11.4 Å². The van der Waals surface area contributed by atoms with E-state index in [4.69, 9.17) is 23.2 Å². The average Bonchev–Trinajstić information content (AvgIpc) is 2.56. The maximum atomic E-state index is 12.4. The molecule has 7 nitrogen and oxygen atoms in total. The van der Waals surface area contributed by atoms with Crippen molar-refractivity contribution >= 4 is 34.8 Å². The van der Waals surface area contributed by atoms with Crippen molar-refractivity contribution in [3.05, 3.63) is 60.8 Å². The largest absolute Gasteiger partial charge is 0.326 e. The summed E-state index contributed by atoms with van der Waals surface area (Å²) in [6.45, 7) is 2.39. The first-order valence-corrected chi connectivity index (χ1v) is 8.12. The van der Waals surface area contributed by atoms with Gasteiger partial charge in [0.15, 0.2) is 0 Å². The molecule has 1 fully saturated rings. The van der Waals surface area contributed by atoms with Crippen molar-refractivity contribution in [1.82, 2.24) is 14.9 Å². The lowest BCUT2D eigenvalue weighted by Crippen LogP contribution is -3.10. The van der Waals surface area contributed by atoms with Gasteiger partial charge < -0.3 is 9.88 Å². The van der Waals surface area contributed by atoms with Gasteiger partial charge in [-0.2, -0.15) is 0 Å². The second-order valence-corrected chi connectivity index (χ2v) is 6.34. The van der Waals surface area contributed by atoms with Crippen LogP contribution in [0.5, 0.6) is 0 Å². The van der Waals surface area contributed by atoms with Crippen LogP contribution in [-0.2, 0) is 0 Å². The SMILES string of the molecule is O=C(c1cc(=O)[nH]c(=O)[nH]1)N1CC[NH+](c2ccc(Cl)c(Cl)c2)CC1. The molecule has 1 aromatic carbocycles. The molecule has 2 aromatic rings. The number of rotatable bonds is 2. The van der Waals surface area contributed by atoms with Crippen LogP contribution in [0.15, 0.2) is 33.9 Å². The third-order valence-corrected chi connectivity index (χ3v) is 4.71. The molecule has 1 saturated heterocycles. The summed E-state index contributed by atoms with van der Waals surface area (Å²) in [5.41, 5.74) is -0.268. The van der Waals surface area contributed by atoms with Crippen LogP contribution >= 0.6 is 23.2 Å². The van der Waals surface area contributed by atoms with Crippen molar-refractivity contribution in [2.45, 2.75) is 0 Å². The number of nitrogens with zero attached hydrogens (tertiary/aromatic N) is 1. The third kappa shape index (κ3) is 3.53. The number of H-pyrrole nitrogens is 2. The standard InChI is InChI=1S/C15H14Cl2N4O3/c16-10-2-1-9(7-11(10)17)20-3-5-21(6-4-20)14(23)12-8-13(22)19-15(24)18-12/h1-2,7-8H,3-6H2,(H2,18,19,22,24)/p+1. The molecule has 1 amide bonds. The molecule has 3 N–H and O–H groups in total. The number of carbonyl (C=O) groups is 1. The van der Waals surface area contributed by atoms with Gasteiger partial charge in [-0.1, -0.05) is 23.2 Å². The van der Waals surface area contributed by atoms with E-state index in [1.54, 1.807) is 11.0 Å². The normalized spacial score (nSPS) is 15.5. The Labute approximate surface area is 146 Å². The van der Waals surface area contributed by atoms with Crippen molar-refractivity contribution < 1.29 is 9.69 Å². The van der Waals surface area contributed by atoms with Crippen LogP contribution in [0.4, 0.5) is 5.69 Å². The number of quaternary nitrogens is 1. The molecule has 24 heavy (non-hydrogen) atoms. The minimum atomic E-state index is -0.689. The van der Waals surface area contributed by atoms with E-state index in [9.17, 15) is 14.4 Å². The zero-order chi connectivity index (χ0) is 17.3. The number of hydrogen-bond acceptors (Lipinski definition) is 3. The zero-order valence-electron chi connectivity index (χ0n) is 12.6. The highest BCUT2D eigenvalue weighted by Gasteiger charge is 2.26. The molecule has 0 aliphatic carbocycles. The first-order chi connectivity index (χ1) is 11.4. The van der Waals surface area contributed by atoms with Crippen molar-refractivity contribution in [3.63, 3.8) is 0 Å². The third-order valence-electron chi connectivity index (χ3n) is 3.97. The number of amides is 1. The summed E-state index contributed by atoms with van der Waals surface area (Å²) < 4.78 is 0. The van der Waals surface area contributed by atoms with E-state index in [-0.39, 0.29) is 11.6 Å². The summed E-state index contributed by atoms with van der Waals surface area (Å²) in [7, 11) is 0. The summed E-state index contributed by atoms with van der Waals surface area (Å²) in [6, 6.07) is 6.59. The second-order valence-electron chi connectivity index (χ2n) is 5.53. The van der Waals surface area contributed by atoms with Crippen LogP contribution in [0.1, 0.15) is 10.5 Å². The van der Waals surface area contributed by atoms with Crippen LogP contribution in [-0.4, -0.2) is 47.0 Å². The molecule has 0 spiro atoms. The van der Waals surface area contributed by atoms with Gasteiger partial charge in [-0.25, -0.2) is 4.79 Å². The molecule has 9 heteroatoms. The zero-order valence-corrected chi connectivity index (χ0v) is 14.1. The summed E-state index contributed by atoms with van der Waals surface area (Å²) >= 11 is 12.0. The van der Waals surface area contributed by atoms with Gasteiger partial charge in [-0.3, -0.25) is 19.5 Å². The Morgan fingerprint density at radius 1 is 1.04 bits per heavy atom. The topological polar surface area (TPSA) is 90.5 Å². The van der Waals surface area contributed by atoms with Gasteiger partial charge in [-0.05, 0) is 6.07 Å². The monoisotopic (exact) mass is 369 g/mol. The second kappa shape index (κ2) is 6.80. The summed E-state index contributed by atoms with van der Waals surface area (Å²) in [6.07, 6.45) is 0. The average molecular weight is 370 g/mol. The number of hydrogen-bond donors (Lipinski definition) is 3. The predicted molar refractivity (Wildman–Crippen MR) is 90.4 cm³/mol. The Morgan fingerprint density at radius 2 is 1.75 bits per heavy atom. The number of aromatic nitrogens is 2. The number of piperazine rings is 1. The molecular formula is C15H15Cl2N4O3+. The van der Waals surface area contributed by atoms with E-state index in [2.05, 4.69) is 4.98 Å². The van der Waals surface area contributed by atoms with Gasteiger partial charge >= 0.3 is 5.69 Å². The molecule has 0 radical (unpaired) electrons. The number of carbonyl (C=O) groups excluding carboxylic acids is 1. The van der Waals surface area contributed by atoms with E-state index in [1.807, 2.05) is 17.1 Å². The number of nitrogens with one attached hydrogen (secondary N) is 3. The number of aromatic amines is 2. The fourth-order valence-corrected chi connectivity index (χ4v) is 3.04. The fourth-order valence-electron chi connectivity index (χ4n) is 2.74. The van der Waals surface area contributed by atoms with Gasteiger partial charge in [0.2, 0.25) is 0 Å². The van der Waals surface area contributed by atoms with Gasteiger partial charge in [0, 0.05) is 18.2 Å². The van der Waals surface area contributed by atoms with Crippen molar-refractivity contribution in [2.24, 2.45) is 0 Å². The Kier molecular flexibility index (Phi) is 4.75. The molecule has 0 unspecified atom stereocenters. The van der Waals surface area contributed by atoms with Crippen LogP contribution < -0.4 is 16.1 Å². The fraction of sp³-hybridized carbons (Fsp3) is 0.267. The molecule has 0 bridgehead atoms. The lowest BCUT2D eigenvalue weighted by Gasteiger charge is -2.31. The van der Waals surface area contributed by atoms with E-state index < -0.39 is 11.2 Å². The Balaban J connectivity index is 1.70. The van der Waals surface area contributed by atoms with Crippen molar-refractivity contribution in [1.29, 1.82) is 0 Å². The smallest absolute Gasteiger partial charge is 0.326 e. The van der Waals surface area contributed by atoms with E-state index >= 15 is 0 Å². The van der Waals surface area contributed by atoms with Gasteiger partial charge in [0.05, 0.1) is 36.2 Å². The maximum absolute atomic E-state index is 12.4. The highest BCUT2D eigenvalue weighted by molar-refractivity contribution is 6.42. The molecule has 0 atom stereocenters. The minimum absolute atomic E-state index is 0.00161. The quantitative estimate of drug-likeness (QED) is 0.698. The molecule has 1 aliphatic rings. The number of halogens is 2. The molecular weight excluding hydrogens is 355 g/mol. The summed E-state index contributed by atoms with van der Waals surface area (Å²) in [5.74, 6) is -0.355. The van der Waals surface area contributed by atoms with Gasteiger partial charge in [0.25, 0.3) is 11.5 Å². The van der Waals surface area contributed by atoms with E-state index in [0.29, 0.717) is 36.2 Å². The van der Waals surface area contributed by atoms with Crippen molar-refractivity contribution in [2.75, 3.05) is 26.2 Å². The number of benzene rings is 1. The van der Waals surface area contributed by atoms with Crippen LogP contribution in [0.25, 0.3) is 0 Å². The Bertz CT molecular complexity index is 857. The van der Waals surface area contributed by atoms with E-state index in [0.717, 1.165) is 11.8 Å².